The third kappa shape index (κ3) is 4.30. The molecule has 0 fully saturated rings. The van der Waals surface area contributed by atoms with Gasteiger partial charge in [0.05, 0.1) is 25.3 Å². The molecule has 1 atom stereocenters. The summed E-state index contributed by atoms with van der Waals surface area (Å²) in [6.07, 6.45) is 0.687. The van der Waals surface area contributed by atoms with E-state index in [9.17, 15) is 14.4 Å². The summed E-state index contributed by atoms with van der Waals surface area (Å²) in [6.45, 7) is 3.69. The molecule has 114 valence electrons. The molecule has 1 aromatic carbocycles. The Morgan fingerprint density at radius 2 is 1.52 bits per heavy atom. The predicted octanol–water partition coefficient (Wildman–Crippen LogP) is 2.24. The van der Waals surface area contributed by atoms with E-state index in [4.69, 9.17) is 0 Å². The number of carbonyl (C=O) groups is 3. The second-order valence-corrected chi connectivity index (χ2v) is 4.58. The number of rotatable bonds is 5. The van der Waals surface area contributed by atoms with Crippen LogP contribution in [0.2, 0.25) is 0 Å². The first-order valence-electron chi connectivity index (χ1n) is 6.55. The molecule has 0 aliphatic rings. The predicted molar refractivity (Wildman–Crippen MR) is 77.2 cm³/mol. The van der Waals surface area contributed by atoms with Gasteiger partial charge in [-0.1, -0.05) is 13.8 Å². The lowest BCUT2D eigenvalue weighted by Gasteiger charge is -2.12. The first-order valence-corrected chi connectivity index (χ1v) is 6.55. The maximum Gasteiger partial charge on any atom is 0.337 e. The van der Waals surface area contributed by atoms with Crippen LogP contribution in [0.5, 0.6) is 0 Å². The fourth-order valence-corrected chi connectivity index (χ4v) is 1.62. The van der Waals surface area contributed by atoms with Crippen molar-refractivity contribution in [3.63, 3.8) is 0 Å². The summed E-state index contributed by atoms with van der Waals surface area (Å²) in [7, 11) is 2.48. The lowest BCUT2D eigenvalue weighted by Crippen LogP contribution is -2.20. The molecule has 0 aliphatic heterocycles. The topological polar surface area (TPSA) is 81.7 Å². The Morgan fingerprint density at radius 3 is 1.90 bits per heavy atom. The zero-order valence-electron chi connectivity index (χ0n) is 12.6. The van der Waals surface area contributed by atoms with E-state index in [0.29, 0.717) is 12.1 Å². The largest absolute Gasteiger partial charge is 0.465 e. The van der Waals surface area contributed by atoms with Gasteiger partial charge < -0.3 is 14.8 Å². The van der Waals surface area contributed by atoms with Crippen LogP contribution in [0, 0.1) is 5.92 Å². The third-order valence-electron chi connectivity index (χ3n) is 3.10. The van der Waals surface area contributed by atoms with Gasteiger partial charge in [-0.05, 0) is 24.6 Å². The van der Waals surface area contributed by atoms with E-state index in [1.807, 2.05) is 6.92 Å². The number of amides is 1. The van der Waals surface area contributed by atoms with E-state index in [2.05, 4.69) is 14.8 Å². The van der Waals surface area contributed by atoms with Crippen LogP contribution < -0.4 is 5.32 Å². The molecule has 0 bridgehead atoms. The summed E-state index contributed by atoms with van der Waals surface area (Å²) in [5.74, 6) is -1.55. The van der Waals surface area contributed by atoms with Crippen molar-refractivity contribution in [1.29, 1.82) is 0 Å². The van der Waals surface area contributed by atoms with Gasteiger partial charge in [-0.3, -0.25) is 4.79 Å². The average molecular weight is 293 g/mol. The molecule has 0 unspecified atom stereocenters. The van der Waals surface area contributed by atoms with E-state index in [1.165, 1.54) is 32.4 Å². The number of methoxy groups -OCH3 is 2. The minimum absolute atomic E-state index is 0.167. The van der Waals surface area contributed by atoms with Gasteiger partial charge in [-0.2, -0.15) is 0 Å². The highest BCUT2D eigenvalue weighted by Gasteiger charge is 2.16. The summed E-state index contributed by atoms with van der Waals surface area (Å²) >= 11 is 0. The Kier molecular flexibility index (Phi) is 5.90. The number of esters is 2. The van der Waals surface area contributed by atoms with E-state index in [1.54, 1.807) is 6.92 Å². The molecule has 0 saturated heterocycles. The van der Waals surface area contributed by atoms with E-state index >= 15 is 0 Å². The van der Waals surface area contributed by atoms with Crippen molar-refractivity contribution in [2.45, 2.75) is 20.3 Å². The smallest absolute Gasteiger partial charge is 0.337 e. The van der Waals surface area contributed by atoms with Crippen LogP contribution in [0.25, 0.3) is 0 Å². The van der Waals surface area contributed by atoms with E-state index in [-0.39, 0.29) is 23.0 Å². The number of carbonyl (C=O) groups excluding carboxylic acids is 3. The van der Waals surface area contributed by atoms with Crippen LogP contribution in [-0.4, -0.2) is 32.1 Å². The molecule has 0 aliphatic carbocycles. The van der Waals surface area contributed by atoms with Crippen molar-refractivity contribution in [3.05, 3.63) is 29.3 Å². The molecule has 6 heteroatoms. The van der Waals surface area contributed by atoms with Gasteiger partial charge in [-0.25, -0.2) is 9.59 Å². The van der Waals surface area contributed by atoms with E-state index in [0.717, 1.165) is 0 Å². The number of hydrogen-bond donors (Lipinski definition) is 1. The number of nitrogens with one attached hydrogen (secondary N) is 1. The summed E-state index contributed by atoms with van der Waals surface area (Å²) in [6, 6.07) is 4.27. The van der Waals surface area contributed by atoms with Gasteiger partial charge in [0.15, 0.2) is 0 Å². The molecule has 1 rings (SSSR count). The Balaban J connectivity index is 3.15. The molecule has 1 N–H and O–H groups in total. The molecule has 1 amide bonds. The van der Waals surface area contributed by atoms with Gasteiger partial charge in [0.2, 0.25) is 5.91 Å². The lowest BCUT2D eigenvalue weighted by molar-refractivity contribution is -0.119. The zero-order valence-corrected chi connectivity index (χ0v) is 12.6. The maximum absolute atomic E-state index is 11.9. The summed E-state index contributed by atoms with van der Waals surface area (Å²) < 4.78 is 9.26. The van der Waals surface area contributed by atoms with Crippen LogP contribution in [0.3, 0.4) is 0 Å². The van der Waals surface area contributed by atoms with Crippen molar-refractivity contribution >= 4 is 23.5 Å². The van der Waals surface area contributed by atoms with Crippen LogP contribution >= 0.6 is 0 Å². The molecular weight excluding hydrogens is 274 g/mol. The summed E-state index contributed by atoms with van der Waals surface area (Å²) in [5.41, 5.74) is 0.684. The maximum atomic E-state index is 11.9. The van der Waals surface area contributed by atoms with Crippen molar-refractivity contribution < 1.29 is 23.9 Å². The molecule has 0 heterocycles. The highest BCUT2D eigenvalue weighted by molar-refractivity contribution is 5.99. The van der Waals surface area contributed by atoms with Crippen LogP contribution in [0.15, 0.2) is 18.2 Å². The molecule has 0 radical (unpaired) electrons. The van der Waals surface area contributed by atoms with Gasteiger partial charge in [0.25, 0.3) is 0 Å². The minimum atomic E-state index is -0.597. The van der Waals surface area contributed by atoms with Crippen molar-refractivity contribution in [3.8, 4) is 0 Å². The standard InChI is InChI=1S/C15H19NO5/c1-5-9(2)13(17)16-12-7-10(14(18)20-3)6-11(8-12)15(19)21-4/h6-9H,5H2,1-4H3,(H,16,17)/t9-/m0/s1. The van der Waals surface area contributed by atoms with Crippen LogP contribution in [0.1, 0.15) is 41.0 Å². The highest BCUT2D eigenvalue weighted by Crippen LogP contribution is 2.18. The minimum Gasteiger partial charge on any atom is -0.465 e. The number of anilines is 1. The number of benzene rings is 1. The second kappa shape index (κ2) is 7.42. The molecule has 21 heavy (non-hydrogen) atoms. The van der Waals surface area contributed by atoms with Crippen molar-refractivity contribution in [2.75, 3.05) is 19.5 Å². The van der Waals surface area contributed by atoms with Crippen molar-refractivity contribution in [2.24, 2.45) is 5.92 Å². The SMILES string of the molecule is CC[C@H](C)C(=O)Nc1cc(C(=O)OC)cc(C(=O)OC)c1. The average Bonchev–Trinajstić information content (AvgIpc) is 2.51. The fraction of sp³-hybridized carbons (Fsp3) is 0.400. The lowest BCUT2D eigenvalue weighted by atomic mass is 10.1. The highest BCUT2D eigenvalue weighted by atomic mass is 16.5. The Bertz CT molecular complexity index is 519. The zero-order chi connectivity index (χ0) is 16.0. The Hall–Kier alpha value is -2.37. The van der Waals surface area contributed by atoms with Crippen LogP contribution in [0.4, 0.5) is 5.69 Å². The molecule has 1 aromatic rings. The Morgan fingerprint density at radius 1 is 1.05 bits per heavy atom. The van der Waals surface area contributed by atoms with Gasteiger partial charge in [0.1, 0.15) is 0 Å². The van der Waals surface area contributed by atoms with E-state index < -0.39 is 11.9 Å². The van der Waals surface area contributed by atoms with Gasteiger partial charge >= 0.3 is 11.9 Å². The van der Waals surface area contributed by atoms with Crippen molar-refractivity contribution in [1.82, 2.24) is 0 Å². The first kappa shape index (κ1) is 16.7. The van der Waals surface area contributed by atoms with Gasteiger partial charge in [0, 0.05) is 11.6 Å². The molecule has 6 nitrogen and oxygen atoms in total. The van der Waals surface area contributed by atoms with Crippen LogP contribution in [-0.2, 0) is 14.3 Å². The number of ether oxygens (including phenoxy) is 2. The molecular formula is C15H19NO5. The second-order valence-electron chi connectivity index (χ2n) is 4.58. The normalized spacial score (nSPS) is 11.4. The Labute approximate surface area is 123 Å². The quantitative estimate of drug-likeness (QED) is 0.842. The molecule has 0 aromatic heterocycles. The summed E-state index contributed by atoms with van der Waals surface area (Å²) in [5, 5.41) is 2.68. The summed E-state index contributed by atoms with van der Waals surface area (Å²) in [4.78, 5) is 35.1. The first-order chi connectivity index (χ1) is 9.92. The monoisotopic (exact) mass is 293 g/mol. The third-order valence-corrected chi connectivity index (χ3v) is 3.10. The molecule has 0 saturated carbocycles. The molecule has 0 spiro atoms. The number of hydrogen-bond acceptors (Lipinski definition) is 5. The van der Waals surface area contributed by atoms with Gasteiger partial charge in [-0.15, -0.1) is 0 Å². The fourth-order valence-electron chi connectivity index (χ4n) is 1.62.